The lowest BCUT2D eigenvalue weighted by atomic mass is 9.95. The van der Waals surface area contributed by atoms with Gasteiger partial charge in [-0.2, -0.15) is 0 Å². The molecule has 1 aliphatic carbocycles. The number of nitrogens with one attached hydrogen (secondary N) is 2. The second-order valence-corrected chi connectivity index (χ2v) is 7.15. The maximum atomic E-state index is 12.8. The molecular weight excluding hydrogens is 390 g/mol. The molecule has 29 heavy (non-hydrogen) atoms. The van der Waals surface area contributed by atoms with Crippen LogP contribution >= 0.6 is 12.2 Å². The quantitative estimate of drug-likeness (QED) is 0.420. The summed E-state index contributed by atoms with van der Waals surface area (Å²) in [6, 6.07) is 7.28. The first-order valence-electron chi connectivity index (χ1n) is 9.75. The first-order chi connectivity index (χ1) is 13.9. The van der Waals surface area contributed by atoms with Gasteiger partial charge in [0, 0.05) is 25.2 Å². The highest BCUT2D eigenvalue weighted by molar-refractivity contribution is 7.80. The summed E-state index contributed by atoms with van der Waals surface area (Å²) >= 11 is 5.29. The van der Waals surface area contributed by atoms with E-state index >= 15 is 0 Å². The Morgan fingerprint density at radius 1 is 1.17 bits per heavy atom. The largest absolute Gasteiger partial charge is 0.463 e. The second kappa shape index (κ2) is 11.3. The average molecular weight is 418 g/mol. The zero-order chi connectivity index (χ0) is 21.2. The Hall–Kier alpha value is -2.74. The van der Waals surface area contributed by atoms with E-state index in [1.807, 2.05) is 0 Å². The number of benzene rings is 1. The number of thiocarbonyl (C=S) groups is 1. The number of para-hydroxylation sites is 1. The van der Waals surface area contributed by atoms with Crippen molar-refractivity contribution in [2.75, 3.05) is 18.6 Å². The molecular formula is C21H27N3O4S. The van der Waals surface area contributed by atoms with Gasteiger partial charge in [0.15, 0.2) is 5.11 Å². The molecule has 0 spiro atoms. The summed E-state index contributed by atoms with van der Waals surface area (Å²) in [5, 5.41) is 5.72. The normalized spacial score (nSPS) is 14.3. The van der Waals surface area contributed by atoms with E-state index in [0.29, 0.717) is 11.3 Å². The summed E-state index contributed by atoms with van der Waals surface area (Å²) in [6.07, 6.45) is 7.54. The lowest BCUT2D eigenvalue weighted by Crippen LogP contribution is -2.41. The Morgan fingerprint density at radius 2 is 1.86 bits per heavy atom. The maximum Gasteiger partial charge on any atom is 0.330 e. The van der Waals surface area contributed by atoms with E-state index in [4.69, 9.17) is 17.0 Å². The minimum Gasteiger partial charge on any atom is -0.463 e. The molecule has 1 aliphatic rings. The number of esters is 1. The summed E-state index contributed by atoms with van der Waals surface area (Å²) < 4.78 is 4.72. The average Bonchev–Trinajstić information content (AvgIpc) is 2.72. The van der Waals surface area contributed by atoms with Gasteiger partial charge in [-0.15, -0.1) is 0 Å². The molecule has 1 fully saturated rings. The van der Waals surface area contributed by atoms with Crippen molar-refractivity contribution in [2.45, 2.75) is 45.1 Å². The second-order valence-electron chi connectivity index (χ2n) is 6.76. The van der Waals surface area contributed by atoms with Gasteiger partial charge in [-0.05, 0) is 44.1 Å². The van der Waals surface area contributed by atoms with Crippen molar-refractivity contribution in [3.8, 4) is 0 Å². The summed E-state index contributed by atoms with van der Waals surface area (Å²) in [5.74, 6) is -1.32. The number of ether oxygens (including phenoxy) is 1. The summed E-state index contributed by atoms with van der Waals surface area (Å²) in [4.78, 5) is 37.6. The van der Waals surface area contributed by atoms with Crippen LogP contribution < -0.4 is 15.5 Å². The first-order valence-corrected chi connectivity index (χ1v) is 10.2. The number of carbonyl (C=O) groups excluding carboxylic acids is 3. The molecule has 2 N–H and O–H groups in total. The van der Waals surface area contributed by atoms with Crippen molar-refractivity contribution in [1.29, 1.82) is 0 Å². The van der Waals surface area contributed by atoms with E-state index in [-0.39, 0.29) is 23.7 Å². The molecule has 0 unspecified atom stereocenters. The number of hydrogen-bond acceptors (Lipinski definition) is 5. The van der Waals surface area contributed by atoms with E-state index in [1.54, 1.807) is 43.1 Å². The molecule has 0 saturated heterocycles. The van der Waals surface area contributed by atoms with Crippen LogP contribution in [0.2, 0.25) is 0 Å². The van der Waals surface area contributed by atoms with Crippen LogP contribution in [0.25, 0.3) is 0 Å². The molecule has 2 amide bonds. The molecule has 0 aliphatic heterocycles. The van der Waals surface area contributed by atoms with Crippen LogP contribution in [0.15, 0.2) is 36.4 Å². The molecule has 0 aromatic heterocycles. The number of anilines is 1. The molecule has 0 atom stereocenters. The molecule has 0 bridgehead atoms. The van der Waals surface area contributed by atoms with Crippen molar-refractivity contribution in [1.82, 2.24) is 10.6 Å². The number of amides is 2. The van der Waals surface area contributed by atoms with E-state index in [9.17, 15) is 14.4 Å². The van der Waals surface area contributed by atoms with Gasteiger partial charge in [0.25, 0.3) is 5.91 Å². The minimum atomic E-state index is -0.605. The summed E-state index contributed by atoms with van der Waals surface area (Å²) in [6.45, 7) is 1.91. The number of nitrogens with zero attached hydrogens (tertiary/aromatic N) is 1. The van der Waals surface area contributed by atoms with Crippen LogP contribution in [0.4, 0.5) is 5.69 Å². The van der Waals surface area contributed by atoms with Gasteiger partial charge < -0.3 is 15.0 Å². The Morgan fingerprint density at radius 3 is 2.55 bits per heavy atom. The van der Waals surface area contributed by atoms with Gasteiger partial charge in [-0.25, -0.2) is 4.79 Å². The lowest BCUT2D eigenvalue weighted by molar-refractivity contribution is -0.137. The Kier molecular flexibility index (Phi) is 8.79. The van der Waals surface area contributed by atoms with Gasteiger partial charge >= 0.3 is 5.97 Å². The number of hydrogen-bond donors (Lipinski definition) is 2. The fourth-order valence-corrected chi connectivity index (χ4v) is 3.34. The summed E-state index contributed by atoms with van der Waals surface area (Å²) in [7, 11) is 1.67. The number of rotatable bonds is 6. The SMILES string of the molecule is CCOC(=O)/C=C/C(=O)NC(=S)N(C)c1ccccc1C(=O)NC1CCCCC1. The highest BCUT2D eigenvalue weighted by Gasteiger charge is 2.21. The Labute approximate surface area is 176 Å². The van der Waals surface area contributed by atoms with Crippen molar-refractivity contribution < 1.29 is 19.1 Å². The third-order valence-corrected chi connectivity index (χ3v) is 5.02. The van der Waals surface area contributed by atoms with Crippen LogP contribution in [0.5, 0.6) is 0 Å². The zero-order valence-corrected chi connectivity index (χ0v) is 17.6. The lowest BCUT2D eigenvalue weighted by Gasteiger charge is -2.25. The standard InChI is InChI=1S/C21H27N3O4S/c1-3-28-19(26)14-13-18(25)23-21(29)24(2)17-12-8-7-11-16(17)20(27)22-15-9-5-4-6-10-15/h7-8,11-15H,3-6,9-10H2,1-2H3,(H,22,27)(H,23,25,29)/b14-13+. The van der Waals surface area contributed by atoms with Crippen molar-refractivity contribution >= 4 is 40.8 Å². The molecule has 0 heterocycles. The fourth-order valence-electron chi connectivity index (χ4n) is 3.14. The van der Waals surface area contributed by atoms with Crippen molar-refractivity contribution in [2.24, 2.45) is 0 Å². The number of carbonyl (C=O) groups is 3. The monoisotopic (exact) mass is 417 g/mol. The van der Waals surface area contributed by atoms with Gasteiger partial charge in [-0.1, -0.05) is 31.4 Å². The van der Waals surface area contributed by atoms with Crippen LogP contribution in [0, 0.1) is 0 Å². The molecule has 1 aromatic carbocycles. The van der Waals surface area contributed by atoms with Crippen LogP contribution in [-0.4, -0.2) is 42.6 Å². The topological polar surface area (TPSA) is 87.7 Å². The maximum absolute atomic E-state index is 12.8. The molecule has 1 saturated carbocycles. The highest BCUT2D eigenvalue weighted by atomic mass is 32.1. The predicted octanol–water partition coefficient (Wildman–Crippen LogP) is 2.71. The molecule has 0 radical (unpaired) electrons. The molecule has 8 heteroatoms. The van der Waals surface area contributed by atoms with Crippen molar-refractivity contribution in [3.05, 3.63) is 42.0 Å². The van der Waals surface area contributed by atoms with E-state index < -0.39 is 11.9 Å². The van der Waals surface area contributed by atoms with E-state index in [2.05, 4.69) is 10.6 Å². The minimum absolute atomic E-state index is 0.112. The Bertz CT molecular complexity index is 788. The predicted molar refractivity (Wildman–Crippen MR) is 116 cm³/mol. The van der Waals surface area contributed by atoms with Gasteiger partial charge in [0.2, 0.25) is 5.91 Å². The third-order valence-electron chi connectivity index (χ3n) is 4.64. The third kappa shape index (κ3) is 6.98. The van der Waals surface area contributed by atoms with Gasteiger partial charge in [-0.3, -0.25) is 14.9 Å². The van der Waals surface area contributed by atoms with Gasteiger partial charge in [0.05, 0.1) is 17.9 Å². The summed E-state index contributed by atoms with van der Waals surface area (Å²) in [5.41, 5.74) is 1.07. The Balaban J connectivity index is 2.03. The van der Waals surface area contributed by atoms with E-state index in [0.717, 1.165) is 37.8 Å². The molecule has 7 nitrogen and oxygen atoms in total. The van der Waals surface area contributed by atoms with E-state index in [1.165, 1.54) is 6.42 Å². The van der Waals surface area contributed by atoms with Gasteiger partial charge in [0.1, 0.15) is 0 Å². The van der Waals surface area contributed by atoms with Crippen LogP contribution in [0.3, 0.4) is 0 Å². The van der Waals surface area contributed by atoms with Crippen LogP contribution in [-0.2, 0) is 14.3 Å². The first kappa shape index (κ1) is 22.5. The fraction of sp³-hybridized carbons (Fsp3) is 0.429. The molecule has 1 aromatic rings. The van der Waals surface area contributed by atoms with Crippen molar-refractivity contribution in [3.63, 3.8) is 0 Å². The molecule has 2 rings (SSSR count). The van der Waals surface area contributed by atoms with Crippen LogP contribution in [0.1, 0.15) is 49.4 Å². The molecule has 156 valence electrons. The smallest absolute Gasteiger partial charge is 0.330 e. The highest BCUT2D eigenvalue weighted by Crippen LogP contribution is 2.22. The zero-order valence-electron chi connectivity index (χ0n) is 16.8.